The smallest absolute Gasteiger partial charge is 0.234 e. The molecular formula is C21H30N4O6. The van der Waals surface area contributed by atoms with Gasteiger partial charge in [0.2, 0.25) is 5.91 Å². The Morgan fingerprint density at radius 2 is 1.97 bits per heavy atom. The molecule has 1 aromatic rings. The fourth-order valence-electron chi connectivity index (χ4n) is 3.96. The number of aliphatic hydroxyl groups excluding tert-OH is 1. The number of nitrogens with zero attached hydrogens (tertiary/aromatic N) is 4. The lowest BCUT2D eigenvalue weighted by molar-refractivity contribution is -0.231. The molecule has 0 aromatic heterocycles. The standard InChI is InChI=1S/C21H30N4O6/c1-5-25(6-2)19(27)14(23-24-22)15(26)16-17(28-12-13-10-8-7-9-11-13)18-20(29-16)31-21(3,4)30-18/h7-11,14-18,20,26H,5-6,12H2,1-4H3/t14-,15+,16-,17+,18-,20-/m1/s1. The van der Waals surface area contributed by atoms with E-state index in [0.29, 0.717) is 13.1 Å². The third-order valence-corrected chi connectivity index (χ3v) is 5.48. The second-order valence-electron chi connectivity index (χ2n) is 7.98. The SMILES string of the molecule is CCN(CC)C(=O)[C@H](N=[N+]=[N-])[C@H](O)[C@H]1O[C@@H]2OC(C)(C)O[C@@H]2[C@H]1OCc1ccccc1. The molecular weight excluding hydrogens is 404 g/mol. The van der Waals surface area contributed by atoms with Crippen LogP contribution in [0.25, 0.3) is 10.4 Å². The normalized spacial score (nSPS) is 28.4. The minimum absolute atomic E-state index is 0.251. The summed E-state index contributed by atoms with van der Waals surface area (Å²) in [5, 5.41) is 14.7. The van der Waals surface area contributed by atoms with E-state index in [1.807, 2.05) is 44.2 Å². The molecule has 170 valence electrons. The van der Waals surface area contributed by atoms with Crippen LogP contribution in [0.5, 0.6) is 0 Å². The summed E-state index contributed by atoms with van der Waals surface area (Å²) >= 11 is 0. The summed E-state index contributed by atoms with van der Waals surface area (Å²) in [5.41, 5.74) is 9.94. The number of benzene rings is 1. The van der Waals surface area contributed by atoms with E-state index in [1.54, 1.807) is 13.8 Å². The summed E-state index contributed by atoms with van der Waals surface area (Å²) in [4.78, 5) is 17.1. The van der Waals surface area contributed by atoms with E-state index in [4.69, 9.17) is 24.5 Å². The van der Waals surface area contributed by atoms with Gasteiger partial charge in [0.1, 0.15) is 30.5 Å². The molecule has 2 aliphatic rings. The topological polar surface area (TPSA) is 126 Å². The number of rotatable bonds is 9. The number of carbonyl (C=O) groups excluding carboxylic acids is 1. The predicted molar refractivity (Wildman–Crippen MR) is 111 cm³/mol. The summed E-state index contributed by atoms with van der Waals surface area (Å²) in [5.74, 6) is -1.35. The van der Waals surface area contributed by atoms with Crippen LogP contribution in [-0.2, 0) is 30.3 Å². The van der Waals surface area contributed by atoms with Crippen molar-refractivity contribution in [2.75, 3.05) is 13.1 Å². The van der Waals surface area contributed by atoms with Crippen molar-refractivity contribution < 1.29 is 28.8 Å². The molecule has 1 N–H and O–H groups in total. The van der Waals surface area contributed by atoms with Gasteiger partial charge in [0, 0.05) is 18.0 Å². The molecule has 0 unspecified atom stereocenters. The van der Waals surface area contributed by atoms with Crippen LogP contribution in [0.2, 0.25) is 0 Å². The largest absolute Gasteiger partial charge is 0.389 e. The predicted octanol–water partition coefficient (Wildman–Crippen LogP) is 2.36. The molecule has 1 amide bonds. The summed E-state index contributed by atoms with van der Waals surface area (Å²) in [7, 11) is 0. The maximum atomic E-state index is 12.9. The van der Waals surface area contributed by atoms with Gasteiger partial charge in [-0.25, -0.2) is 0 Å². The number of hydrogen-bond acceptors (Lipinski definition) is 7. The van der Waals surface area contributed by atoms with Gasteiger partial charge >= 0.3 is 0 Å². The second-order valence-corrected chi connectivity index (χ2v) is 7.98. The molecule has 3 rings (SSSR count). The molecule has 0 spiro atoms. The Hall–Kier alpha value is -2.20. The first kappa shape index (κ1) is 23.5. The molecule has 31 heavy (non-hydrogen) atoms. The molecule has 0 aliphatic carbocycles. The van der Waals surface area contributed by atoms with Crippen LogP contribution in [-0.4, -0.2) is 71.5 Å². The molecule has 10 nitrogen and oxygen atoms in total. The number of carbonyl (C=O) groups is 1. The third kappa shape index (κ3) is 5.17. The van der Waals surface area contributed by atoms with Crippen molar-refractivity contribution in [1.82, 2.24) is 4.90 Å². The van der Waals surface area contributed by atoms with Crippen LogP contribution >= 0.6 is 0 Å². The zero-order valence-corrected chi connectivity index (χ0v) is 18.2. The zero-order valence-electron chi connectivity index (χ0n) is 18.2. The average molecular weight is 434 g/mol. The molecule has 2 saturated heterocycles. The van der Waals surface area contributed by atoms with E-state index < -0.39 is 48.4 Å². The van der Waals surface area contributed by atoms with Crippen molar-refractivity contribution in [1.29, 1.82) is 0 Å². The minimum atomic E-state index is -1.44. The monoisotopic (exact) mass is 434 g/mol. The van der Waals surface area contributed by atoms with E-state index in [0.717, 1.165) is 5.56 Å². The Balaban J connectivity index is 1.83. The molecule has 0 bridgehead atoms. The van der Waals surface area contributed by atoms with E-state index in [2.05, 4.69) is 10.0 Å². The van der Waals surface area contributed by atoms with Gasteiger partial charge in [0.15, 0.2) is 12.1 Å². The lowest BCUT2D eigenvalue weighted by atomic mass is 9.98. The molecule has 6 atom stereocenters. The van der Waals surface area contributed by atoms with Crippen molar-refractivity contribution in [3.8, 4) is 0 Å². The van der Waals surface area contributed by atoms with Crippen molar-refractivity contribution in [3.05, 3.63) is 46.3 Å². The van der Waals surface area contributed by atoms with Gasteiger partial charge in [-0.2, -0.15) is 0 Å². The summed E-state index contributed by atoms with van der Waals surface area (Å²) in [6.07, 6.45) is -4.53. The number of likely N-dealkylation sites (N-methyl/N-ethyl adjacent to an activating group) is 1. The molecule has 10 heteroatoms. The van der Waals surface area contributed by atoms with Gasteiger partial charge in [-0.05, 0) is 38.8 Å². The van der Waals surface area contributed by atoms with E-state index in [1.165, 1.54) is 4.90 Å². The number of hydrogen-bond donors (Lipinski definition) is 1. The van der Waals surface area contributed by atoms with Crippen molar-refractivity contribution in [2.45, 2.75) is 76.8 Å². The highest BCUT2D eigenvalue weighted by Gasteiger charge is 2.58. The van der Waals surface area contributed by atoms with Crippen LogP contribution in [0.1, 0.15) is 33.3 Å². The van der Waals surface area contributed by atoms with Crippen molar-refractivity contribution in [2.24, 2.45) is 5.11 Å². The maximum Gasteiger partial charge on any atom is 0.234 e. The number of azide groups is 1. The van der Waals surface area contributed by atoms with Gasteiger partial charge in [0.25, 0.3) is 0 Å². The third-order valence-electron chi connectivity index (χ3n) is 5.48. The highest BCUT2D eigenvalue weighted by atomic mass is 16.8. The highest BCUT2D eigenvalue weighted by Crippen LogP contribution is 2.40. The quantitative estimate of drug-likeness (QED) is 0.361. The van der Waals surface area contributed by atoms with Crippen LogP contribution in [0, 0.1) is 0 Å². The number of fused-ring (bicyclic) bond motifs is 1. The van der Waals surface area contributed by atoms with Gasteiger partial charge in [-0.1, -0.05) is 35.4 Å². The van der Waals surface area contributed by atoms with Gasteiger partial charge in [-0.3, -0.25) is 4.79 Å². The lowest BCUT2D eigenvalue weighted by Gasteiger charge is -2.32. The zero-order chi connectivity index (χ0) is 22.6. The fourth-order valence-corrected chi connectivity index (χ4v) is 3.96. The lowest BCUT2D eigenvalue weighted by Crippen LogP contribution is -2.52. The second kappa shape index (κ2) is 9.95. The first-order chi connectivity index (χ1) is 14.8. The molecule has 0 saturated carbocycles. The molecule has 2 aliphatic heterocycles. The maximum absolute atomic E-state index is 12.9. The summed E-state index contributed by atoms with van der Waals surface area (Å²) in [6, 6.07) is 8.19. The van der Waals surface area contributed by atoms with Gasteiger partial charge < -0.3 is 29.0 Å². The molecule has 2 heterocycles. The summed E-state index contributed by atoms with van der Waals surface area (Å²) < 4.78 is 23.8. The van der Waals surface area contributed by atoms with Crippen LogP contribution in [0.4, 0.5) is 0 Å². The van der Waals surface area contributed by atoms with Crippen molar-refractivity contribution in [3.63, 3.8) is 0 Å². The number of ether oxygens (including phenoxy) is 4. The Bertz CT molecular complexity index is 796. The van der Waals surface area contributed by atoms with Crippen LogP contribution < -0.4 is 0 Å². The number of amides is 1. The fraction of sp³-hybridized carbons (Fsp3) is 0.667. The van der Waals surface area contributed by atoms with E-state index in [-0.39, 0.29) is 6.61 Å². The Kier molecular flexibility index (Phi) is 7.53. The molecule has 1 aromatic carbocycles. The van der Waals surface area contributed by atoms with Crippen molar-refractivity contribution >= 4 is 5.91 Å². The minimum Gasteiger partial charge on any atom is -0.389 e. The Morgan fingerprint density at radius 3 is 2.58 bits per heavy atom. The van der Waals surface area contributed by atoms with E-state index in [9.17, 15) is 9.90 Å². The van der Waals surface area contributed by atoms with E-state index >= 15 is 0 Å². The summed E-state index contributed by atoms with van der Waals surface area (Å²) in [6.45, 7) is 8.25. The van der Waals surface area contributed by atoms with Gasteiger partial charge in [0.05, 0.1) is 6.61 Å². The first-order valence-electron chi connectivity index (χ1n) is 10.5. The average Bonchev–Trinajstić information content (AvgIpc) is 3.23. The molecule has 0 radical (unpaired) electrons. The van der Waals surface area contributed by atoms with Crippen LogP contribution in [0.15, 0.2) is 35.4 Å². The Morgan fingerprint density at radius 1 is 1.29 bits per heavy atom. The van der Waals surface area contributed by atoms with Gasteiger partial charge in [-0.15, -0.1) is 0 Å². The van der Waals surface area contributed by atoms with Crippen LogP contribution in [0.3, 0.4) is 0 Å². The first-order valence-corrected chi connectivity index (χ1v) is 10.5. The highest BCUT2D eigenvalue weighted by molar-refractivity contribution is 5.82. The number of aliphatic hydroxyl groups is 1. The Labute approximate surface area is 181 Å². The molecule has 2 fully saturated rings.